The third-order valence-corrected chi connectivity index (χ3v) is 9.43. The van der Waals surface area contributed by atoms with Gasteiger partial charge in [-0.25, -0.2) is 24.1 Å². The van der Waals surface area contributed by atoms with Crippen LogP contribution in [-0.2, 0) is 28.5 Å². The van der Waals surface area contributed by atoms with E-state index in [9.17, 15) is 24.0 Å². The molecule has 11 nitrogen and oxygen atoms in total. The smallest absolute Gasteiger partial charge is 0.419 e. The lowest BCUT2D eigenvalue weighted by Gasteiger charge is -2.43. The highest BCUT2D eigenvalue weighted by molar-refractivity contribution is 9.10. The summed E-state index contributed by atoms with van der Waals surface area (Å²) in [4.78, 5) is 67.5. The summed E-state index contributed by atoms with van der Waals surface area (Å²) in [5, 5.41) is 0. The first-order chi connectivity index (χ1) is 23.2. The van der Waals surface area contributed by atoms with Crippen molar-refractivity contribution in [1.82, 2.24) is 4.90 Å². The van der Waals surface area contributed by atoms with Gasteiger partial charge in [-0.2, -0.15) is 0 Å². The molecular weight excluding hydrogens is 686 g/mol. The molecule has 0 aliphatic carbocycles. The Labute approximate surface area is 286 Å². The number of nitrogens with zero attached hydrogens (tertiary/aromatic N) is 1. The van der Waals surface area contributed by atoms with E-state index in [-0.39, 0.29) is 22.6 Å². The molecule has 252 valence electrons. The Hall–Kier alpha value is -4.55. The van der Waals surface area contributed by atoms with Gasteiger partial charge in [-0.05, 0) is 48.7 Å². The number of ether oxygens (including phenoxy) is 5. The summed E-state index contributed by atoms with van der Waals surface area (Å²) in [6.07, 6.45) is -4.48. The van der Waals surface area contributed by atoms with Crippen LogP contribution < -0.4 is 0 Å². The van der Waals surface area contributed by atoms with E-state index in [1.165, 1.54) is 24.3 Å². The van der Waals surface area contributed by atoms with Gasteiger partial charge in [0, 0.05) is 0 Å². The molecule has 5 rings (SSSR count). The monoisotopic (exact) mass is 721 g/mol. The maximum absolute atomic E-state index is 14.0. The minimum atomic E-state index is -1.48. The predicted octanol–water partition coefficient (Wildman–Crippen LogP) is 5.96. The number of hydrogen-bond donors (Lipinski definition) is 0. The highest BCUT2D eigenvalue weighted by Crippen LogP contribution is 2.38. The largest absolute Gasteiger partial charge is 0.459 e. The van der Waals surface area contributed by atoms with Crippen LogP contribution >= 0.6 is 15.9 Å². The van der Waals surface area contributed by atoms with Gasteiger partial charge in [0.1, 0.15) is 18.8 Å². The number of imide groups is 1. The summed E-state index contributed by atoms with van der Waals surface area (Å²) >= 11 is 3.50. The Balaban J connectivity index is 1.53. The van der Waals surface area contributed by atoms with Gasteiger partial charge in [-0.15, -0.1) is 0 Å². The molecule has 7 atom stereocenters. The van der Waals surface area contributed by atoms with E-state index in [1.54, 1.807) is 66.7 Å². The van der Waals surface area contributed by atoms with E-state index in [4.69, 9.17) is 23.7 Å². The third kappa shape index (κ3) is 7.77. The molecular formula is C36H36BrNO10. The molecule has 48 heavy (non-hydrogen) atoms. The average molecular weight is 723 g/mol. The van der Waals surface area contributed by atoms with Crippen molar-refractivity contribution in [2.45, 2.75) is 68.6 Å². The van der Waals surface area contributed by atoms with Gasteiger partial charge < -0.3 is 23.7 Å². The Morgan fingerprint density at radius 2 is 1.27 bits per heavy atom. The SMILES string of the molecule is CCC[C@@H](CC)[C@@H](Br)C(=O)N1C(=O)O[C@H]2O[C@H](COC(=O)c3ccccc3)[C@@H](OC(=O)c3ccccc3)[C@H](OC(=O)c3ccccc3)[C@H]21. The van der Waals surface area contributed by atoms with Gasteiger partial charge in [-0.3, -0.25) is 4.79 Å². The second-order valence-corrected chi connectivity index (χ2v) is 12.4. The van der Waals surface area contributed by atoms with Crippen molar-refractivity contribution >= 4 is 45.8 Å². The molecule has 2 aliphatic heterocycles. The van der Waals surface area contributed by atoms with Gasteiger partial charge in [-0.1, -0.05) is 97.2 Å². The number of fused-ring (bicyclic) bond motifs is 1. The molecule has 3 aromatic carbocycles. The number of carbonyl (C=O) groups excluding carboxylic acids is 5. The van der Waals surface area contributed by atoms with Gasteiger partial charge >= 0.3 is 24.0 Å². The number of carbonyl (C=O) groups is 5. The molecule has 12 heteroatoms. The van der Waals surface area contributed by atoms with Gasteiger partial charge in [0.05, 0.1) is 21.5 Å². The maximum Gasteiger partial charge on any atom is 0.419 e. The van der Waals surface area contributed by atoms with Crippen LogP contribution in [0.5, 0.6) is 0 Å². The van der Waals surface area contributed by atoms with E-state index in [1.807, 2.05) is 13.8 Å². The number of halogens is 1. The zero-order valence-corrected chi connectivity index (χ0v) is 28.0. The first-order valence-corrected chi connectivity index (χ1v) is 16.7. The Kier molecular flexibility index (Phi) is 11.6. The first-order valence-electron chi connectivity index (χ1n) is 15.8. The molecule has 0 spiro atoms. The van der Waals surface area contributed by atoms with E-state index in [2.05, 4.69) is 15.9 Å². The van der Waals surface area contributed by atoms with Gasteiger partial charge in [0.25, 0.3) is 0 Å². The fourth-order valence-corrected chi connectivity index (χ4v) is 6.65. The van der Waals surface area contributed by atoms with E-state index in [0.29, 0.717) is 12.8 Å². The molecule has 0 N–H and O–H groups in total. The van der Waals surface area contributed by atoms with Crippen LogP contribution in [0, 0.1) is 5.92 Å². The van der Waals surface area contributed by atoms with E-state index < -0.39 is 72.0 Å². The minimum absolute atomic E-state index is 0.110. The van der Waals surface area contributed by atoms with Crippen molar-refractivity contribution in [3.63, 3.8) is 0 Å². The van der Waals surface area contributed by atoms with Crippen LogP contribution in [0.1, 0.15) is 64.2 Å². The Morgan fingerprint density at radius 3 is 1.77 bits per heavy atom. The third-order valence-electron chi connectivity index (χ3n) is 8.29. The topological polar surface area (TPSA) is 135 Å². The van der Waals surface area contributed by atoms with Crippen LogP contribution in [0.25, 0.3) is 0 Å². The number of amides is 2. The van der Waals surface area contributed by atoms with Crippen LogP contribution in [0.2, 0.25) is 0 Å². The first kappa shape index (κ1) is 34.8. The second kappa shape index (κ2) is 16.0. The van der Waals surface area contributed by atoms with Crippen LogP contribution in [-0.4, -0.2) is 76.9 Å². The average Bonchev–Trinajstić information content (AvgIpc) is 3.46. The maximum atomic E-state index is 14.0. The fraction of sp³-hybridized carbons (Fsp3) is 0.361. The van der Waals surface area contributed by atoms with Crippen LogP contribution in [0.4, 0.5) is 4.79 Å². The standard InChI is InChI=1S/C36H36BrNO10/c1-3-14-22(4-2)27(37)31(39)38-28-30(47-34(42)25-19-12-7-13-20-25)29(46-33(41)24-17-10-6-11-18-24)26(45-35(28)48-36(38)43)21-44-32(40)23-15-8-5-9-16-23/h5-13,15-20,22,26-30,35H,3-4,14,21H2,1-2H3/t22-,26-,27-,28-,29-,30-,35-/m1/s1. The van der Waals surface area contributed by atoms with E-state index in [0.717, 1.165) is 11.3 Å². The molecule has 2 amide bonds. The zero-order chi connectivity index (χ0) is 34.2. The van der Waals surface area contributed by atoms with Crippen LogP contribution in [0.3, 0.4) is 0 Å². The normalized spacial score (nSPS) is 22.9. The minimum Gasteiger partial charge on any atom is -0.459 e. The van der Waals surface area contributed by atoms with Crippen molar-refractivity contribution in [3.05, 3.63) is 108 Å². The molecule has 0 unspecified atom stereocenters. The number of rotatable bonds is 12. The van der Waals surface area contributed by atoms with Crippen molar-refractivity contribution < 1.29 is 47.7 Å². The molecule has 0 bridgehead atoms. The summed E-state index contributed by atoms with van der Waals surface area (Å²) in [5.74, 6) is -3.00. The van der Waals surface area contributed by atoms with Crippen molar-refractivity contribution in [2.24, 2.45) is 5.92 Å². The molecule has 0 radical (unpaired) electrons. The number of hydrogen-bond acceptors (Lipinski definition) is 10. The molecule has 2 aliphatic rings. The summed E-state index contributed by atoms with van der Waals surface area (Å²) in [6.45, 7) is 3.48. The second-order valence-electron chi connectivity index (χ2n) is 11.4. The lowest BCUT2D eigenvalue weighted by atomic mass is 9.93. The van der Waals surface area contributed by atoms with Crippen molar-refractivity contribution in [1.29, 1.82) is 0 Å². The number of benzene rings is 3. The predicted molar refractivity (Wildman–Crippen MR) is 175 cm³/mol. The number of esters is 3. The fourth-order valence-electron chi connectivity index (χ4n) is 5.80. The summed E-state index contributed by atoms with van der Waals surface area (Å²) in [6, 6.07) is 23.1. The van der Waals surface area contributed by atoms with E-state index >= 15 is 0 Å². The summed E-state index contributed by atoms with van der Waals surface area (Å²) in [7, 11) is 0. The Morgan fingerprint density at radius 1 is 0.771 bits per heavy atom. The summed E-state index contributed by atoms with van der Waals surface area (Å²) in [5.41, 5.74) is 0.627. The molecule has 2 heterocycles. The van der Waals surface area contributed by atoms with Crippen molar-refractivity contribution in [3.8, 4) is 0 Å². The Bertz CT molecular complexity index is 1590. The van der Waals surface area contributed by atoms with Gasteiger partial charge in [0.2, 0.25) is 12.2 Å². The molecule has 2 fully saturated rings. The summed E-state index contributed by atoms with van der Waals surface area (Å²) < 4.78 is 29.2. The highest BCUT2D eigenvalue weighted by atomic mass is 79.9. The lowest BCUT2D eigenvalue weighted by molar-refractivity contribution is -0.240. The highest BCUT2D eigenvalue weighted by Gasteiger charge is 2.61. The molecule has 3 aromatic rings. The molecule has 0 saturated carbocycles. The quantitative estimate of drug-likeness (QED) is 0.125. The number of alkyl halides is 1. The van der Waals surface area contributed by atoms with Crippen molar-refractivity contribution in [2.75, 3.05) is 6.61 Å². The lowest BCUT2D eigenvalue weighted by Crippen LogP contribution is -2.65. The molecule has 0 aromatic heterocycles. The molecule has 2 saturated heterocycles. The zero-order valence-electron chi connectivity index (χ0n) is 26.4. The van der Waals surface area contributed by atoms with Crippen LogP contribution in [0.15, 0.2) is 91.0 Å². The van der Waals surface area contributed by atoms with Gasteiger partial charge in [0.15, 0.2) is 12.2 Å².